The first-order valence-corrected chi connectivity index (χ1v) is 10.4. The van der Waals surface area contributed by atoms with Gasteiger partial charge in [-0.1, -0.05) is 41.6 Å². The van der Waals surface area contributed by atoms with E-state index in [1.807, 2.05) is 49.4 Å². The maximum Gasteiger partial charge on any atom is 0.248 e. The number of likely N-dealkylation sites (N-methyl/N-ethyl adjacent to an activating group) is 2. The minimum absolute atomic E-state index is 0.0102. The molecule has 1 amide bonds. The smallest absolute Gasteiger partial charge is 0.248 e. The van der Waals surface area contributed by atoms with E-state index < -0.39 is 10.0 Å². The molecular weight excluding hydrogens is 378 g/mol. The molecule has 0 saturated carbocycles. The molecule has 0 bridgehead atoms. The lowest BCUT2D eigenvalue weighted by Gasteiger charge is -2.25. The van der Waals surface area contributed by atoms with Gasteiger partial charge in [-0.25, -0.2) is 8.42 Å². The molecule has 0 aliphatic heterocycles. The molecule has 0 fully saturated rings. The van der Waals surface area contributed by atoms with Gasteiger partial charge in [-0.2, -0.15) is 4.31 Å². The standard InChI is InChI=1S/C20H23N3O4S/c1-5-23(18-12-8-10-16-9-6-7-11-17(16)18)19(24)13-22(4)28(25,26)20-14(2)21-27-15(20)3/h6-12H,5,13H2,1-4H3. The summed E-state index contributed by atoms with van der Waals surface area (Å²) in [7, 11) is -2.50. The Hall–Kier alpha value is -2.71. The van der Waals surface area contributed by atoms with Gasteiger partial charge in [0.25, 0.3) is 0 Å². The number of nitrogens with zero attached hydrogens (tertiary/aromatic N) is 3. The first-order chi connectivity index (χ1) is 13.3. The van der Waals surface area contributed by atoms with Crippen LogP contribution in [-0.4, -0.2) is 43.9 Å². The summed E-state index contributed by atoms with van der Waals surface area (Å²) in [6.45, 7) is 5.10. The van der Waals surface area contributed by atoms with Gasteiger partial charge < -0.3 is 9.42 Å². The van der Waals surface area contributed by atoms with Gasteiger partial charge in [0.2, 0.25) is 15.9 Å². The predicted octanol–water partition coefficient (Wildman–Crippen LogP) is 3.12. The van der Waals surface area contributed by atoms with E-state index in [1.165, 1.54) is 14.0 Å². The van der Waals surface area contributed by atoms with Crippen LogP contribution in [0.3, 0.4) is 0 Å². The minimum atomic E-state index is -3.89. The van der Waals surface area contributed by atoms with Crippen LogP contribution in [0.5, 0.6) is 0 Å². The second-order valence-electron chi connectivity index (χ2n) is 6.55. The summed E-state index contributed by atoms with van der Waals surface area (Å²) >= 11 is 0. The van der Waals surface area contributed by atoms with Crippen molar-refractivity contribution < 1.29 is 17.7 Å². The lowest BCUT2D eigenvalue weighted by molar-refractivity contribution is -0.118. The predicted molar refractivity (Wildman–Crippen MR) is 108 cm³/mol. The van der Waals surface area contributed by atoms with Crippen LogP contribution < -0.4 is 4.90 Å². The van der Waals surface area contributed by atoms with Gasteiger partial charge in [0.15, 0.2) is 5.76 Å². The van der Waals surface area contributed by atoms with E-state index in [1.54, 1.807) is 11.8 Å². The van der Waals surface area contributed by atoms with Crippen molar-refractivity contribution in [3.63, 3.8) is 0 Å². The SMILES string of the molecule is CCN(C(=O)CN(C)S(=O)(=O)c1c(C)noc1C)c1cccc2ccccc12. The number of anilines is 1. The van der Waals surface area contributed by atoms with Crippen LogP contribution in [0.4, 0.5) is 5.69 Å². The number of benzene rings is 2. The van der Waals surface area contributed by atoms with Gasteiger partial charge >= 0.3 is 0 Å². The summed E-state index contributed by atoms with van der Waals surface area (Å²) in [6.07, 6.45) is 0. The second-order valence-corrected chi connectivity index (χ2v) is 8.53. The molecule has 8 heteroatoms. The van der Waals surface area contributed by atoms with Crippen LogP contribution in [0.1, 0.15) is 18.4 Å². The maximum absolute atomic E-state index is 13.0. The van der Waals surface area contributed by atoms with Gasteiger partial charge in [0.05, 0.1) is 12.2 Å². The molecule has 0 saturated heterocycles. The summed E-state index contributed by atoms with van der Waals surface area (Å²) in [5, 5.41) is 5.66. The van der Waals surface area contributed by atoms with Gasteiger partial charge in [-0.3, -0.25) is 4.79 Å². The minimum Gasteiger partial charge on any atom is -0.360 e. The average Bonchev–Trinajstić information content (AvgIpc) is 3.01. The zero-order chi connectivity index (χ0) is 20.5. The molecule has 0 aliphatic carbocycles. The Morgan fingerprint density at radius 3 is 2.43 bits per heavy atom. The molecule has 0 spiro atoms. The Labute approximate surface area is 164 Å². The number of fused-ring (bicyclic) bond motifs is 1. The van der Waals surface area contributed by atoms with Crippen LogP contribution in [-0.2, 0) is 14.8 Å². The Morgan fingerprint density at radius 2 is 1.79 bits per heavy atom. The van der Waals surface area contributed by atoms with Crippen LogP contribution in [0, 0.1) is 13.8 Å². The number of rotatable bonds is 6. The molecule has 148 valence electrons. The van der Waals surface area contributed by atoms with E-state index in [0.717, 1.165) is 20.8 Å². The molecule has 2 aromatic carbocycles. The number of aromatic nitrogens is 1. The number of sulfonamides is 1. The Balaban J connectivity index is 1.90. The normalized spacial score (nSPS) is 11.9. The monoisotopic (exact) mass is 401 g/mol. The summed E-state index contributed by atoms with van der Waals surface area (Å²) in [6, 6.07) is 13.5. The summed E-state index contributed by atoms with van der Waals surface area (Å²) in [5.74, 6) is -0.102. The van der Waals surface area contributed by atoms with Gasteiger partial charge in [0, 0.05) is 19.0 Å². The van der Waals surface area contributed by atoms with E-state index in [2.05, 4.69) is 5.16 Å². The Kier molecular flexibility index (Phi) is 5.53. The Bertz CT molecular complexity index is 1100. The van der Waals surface area contributed by atoms with Gasteiger partial charge in [0.1, 0.15) is 10.6 Å². The van der Waals surface area contributed by atoms with Crippen LogP contribution in [0.2, 0.25) is 0 Å². The molecule has 0 aliphatic rings. The zero-order valence-electron chi connectivity index (χ0n) is 16.3. The van der Waals surface area contributed by atoms with Gasteiger partial charge in [-0.15, -0.1) is 0 Å². The number of aryl methyl sites for hydroxylation is 2. The maximum atomic E-state index is 13.0. The van der Waals surface area contributed by atoms with Crippen LogP contribution >= 0.6 is 0 Å². The highest BCUT2D eigenvalue weighted by Gasteiger charge is 2.31. The fourth-order valence-corrected chi connectivity index (χ4v) is 4.69. The van der Waals surface area contributed by atoms with Crippen molar-refractivity contribution in [3.8, 4) is 0 Å². The third-order valence-electron chi connectivity index (χ3n) is 4.67. The highest BCUT2D eigenvalue weighted by atomic mass is 32.2. The zero-order valence-corrected chi connectivity index (χ0v) is 17.2. The summed E-state index contributed by atoms with van der Waals surface area (Å²) in [5.41, 5.74) is 1.03. The molecule has 7 nitrogen and oxygen atoms in total. The van der Waals surface area contributed by atoms with E-state index >= 15 is 0 Å². The van der Waals surface area contributed by atoms with Crippen molar-refractivity contribution in [1.82, 2.24) is 9.46 Å². The third kappa shape index (κ3) is 3.53. The first kappa shape index (κ1) is 20.0. The summed E-state index contributed by atoms with van der Waals surface area (Å²) < 4.78 is 31.8. The van der Waals surface area contributed by atoms with Crippen molar-refractivity contribution in [2.45, 2.75) is 25.7 Å². The topological polar surface area (TPSA) is 83.7 Å². The number of carbonyl (C=O) groups is 1. The Morgan fingerprint density at radius 1 is 1.11 bits per heavy atom. The van der Waals surface area contributed by atoms with Crippen LogP contribution in [0.25, 0.3) is 10.8 Å². The molecule has 3 aromatic rings. The fraction of sp³-hybridized carbons (Fsp3) is 0.300. The van der Waals surface area contributed by atoms with E-state index in [-0.39, 0.29) is 28.8 Å². The number of hydrogen-bond donors (Lipinski definition) is 0. The first-order valence-electron chi connectivity index (χ1n) is 8.94. The van der Waals surface area contributed by atoms with E-state index in [4.69, 9.17) is 4.52 Å². The van der Waals surface area contributed by atoms with Gasteiger partial charge in [-0.05, 0) is 32.2 Å². The van der Waals surface area contributed by atoms with E-state index in [0.29, 0.717) is 6.54 Å². The molecular formula is C20H23N3O4S. The third-order valence-corrected chi connectivity index (χ3v) is 6.72. The molecule has 1 heterocycles. The largest absolute Gasteiger partial charge is 0.360 e. The molecule has 0 N–H and O–H groups in total. The van der Waals surface area contributed by atoms with Crippen molar-refractivity contribution in [1.29, 1.82) is 0 Å². The van der Waals surface area contributed by atoms with Crippen molar-refractivity contribution in [2.24, 2.45) is 0 Å². The molecule has 28 heavy (non-hydrogen) atoms. The molecule has 1 aromatic heterocycles. The number of hydrogen-bond acceptors (Lipinski definition) is 5. The molecule has 0 atom stereocenters. The molecule has 0 radical (unpaired) electrons. The number of amides is 1. The molecule has 3 rings (SSSR count). The average molecular weight is 401 g/mol. The summed E-state index contributed by atoms with van der Waals surface area (Å²) in [4.78, 5) is 14.6. The highest BCUT2D eigenvalue weighted by Crippen LogP contribution is 2.27. The highest BCUT2D eigenvalue weighted by molar-refractivity contribution is 7.89. The van der Waals surface area contributed by atoms with Crippen molar-refractivity contribution in [3.05, 3.63) is 53.9 Å². The van der Waals surface area contributed by atoms with Crippen molar-refractivity contribution >= 4 is 32.4 Å². The fourth-order valence-electron chi connectivity index (χ4n) is 3.28. The van der Waals surface area contributed by atoms with E-state index in [9.17, 15) is 13.2 Å². The number of carbonyl (C=O) groups excluding carboxylic acids is 1. The second kappa shape index (κ2) is 7.73. The van der Waals surface area contributed by atoms with Crippen molar-refractivity contribution in [2.75, 3.05) is 25.0 Å². The quantitative estimate of drug-likeness (QED) is 0.634. The lowest BCUT2D eigenvalue weighted by Crippen LogP contribution is -2.41. The van der Waals surface area contributed by atoms with Crippen LogP contribution in [0.15, 0.2) is 51.9 Å². The molecule has 0 unspecified atom stereocenters. The lowest BCUT2D eigenvalue weighted by atomic mass is 10.1.